The summed E-state index contributed by atoms with van der Waals surface area (Å²) in [6.45, 7) is 0.608. The molecule has 0 spiro atoms. The van der Waals surface area contributed by atoms with Gasteiger partial charge in [-0.05, 0) is 59.3 Å². The zero-order chi connectivity index (χ0) is 21.8. The molecule has 7 heteroatoms. The van der Waals surface area contributed by atoms with Crippen molar-refractivity contribution in [3.63, 3.8) is 0 Å². The van der Waals surface area contributed by atoms with Crippen molar-refractivity contribution >= 4 is 56.5 Å². The van der Waals surface area contributed by atoms with Gasteiger partial charge < -0.3 is 4.74 Å². The van der Waals surface area contributed by atoms with Gasteiger partial charge in [0.05, 0.1) is 11.4 Å². The molecule has 1 saturated heterocycles. The Hall–Kier alpha value is -2.54. The van der Waals surface area contributed by atoms with Crippen molar-refractivity contribution in [2.75, 3.05) is 0 Å². The molecule has 0 saturated carbocycles. The molecule has 1 fully saturated rings. The number of ether oxygens (including phenoxy) is 1. The van der Waals surface area contributed by atoms with Gasteiger partial charge in [0.2, 0.25) is 0 Å². The van der Waals surface area contributed by atoms with Gasteiger partial charge in [-0.15, -0.1) is 0 Å². The smallest absolute Gasteiger partial charge is 0.293 e. The lowest BCUT2D eigenvalue weighted by atomic mass is 10.1. The summed E-state index contributed by atoms with van der Waals surface area (Å²) in [6.07, 6.45) is 1.71. The van der Waals surface area contributed by atoms with Crippen LogP contribution in [0.15, 0.2) is 82.2 Å². The van der Waals surface area contributed by atoms with Crippen LogP contribution in [-0.4, -0.2) is 16.0 Å². The molecule has 2 amide bonds. The van der Waals surface area contributed by atoms with Gasteiger partial charge in [-0.3, -0.25) is 14.5 Å². The second-order valence-electron chi connectivity index (χ2n) is 6.85. The minimum Gasteiger partial charge on any atom is -0.488 e. The molecule has 3 aromatic rings. The van der Waals surface area contributed by atoms with E-state index in [9.17, 15) is 9.59 Å². The molecule has 1 heterocycles. The van der Waals surface area contributed by atoms with Crippen LogP contribution in [-0.2, 0) is 17.9 Å². The van der Waals surface area contributed by atoms with Crippen molar-refractivity contribution < 1.29 is 14.3 Å². The third kappa shape index (κ3) is 5.39. The maximum absolute atomic E-state index is 12.9. The lowest BCUT2D eigenvalue weighted by Crippen LogP contribution is -2.27. The first-order valence-corrected chi connectivity index (χ1v) is 11.4. The highest BCUT2D eigenvalue weighted by molar-refractivity contribution is 9.10. The van der Waals surface area contributed by atoms with Gasteiger partial charge in [-0.25, -0.2) is 0 Å². The van der Waals surface area contributed by atoms with E-state index in [-0.39, 0.29) is 17.7 Å². The summed E-state index contributed by atoms with van der Waals surface area (Å²) in [5, 5.41) is 0.391. The van der Waals surface area contributed by atoms with E-state index < -0.39 is 0 Å². The van der Waals surface area contributed by atoms with Gasteiger partial charge in [0.15, 0.2) is 0 Å². The molecule has 3 aromatic carbocycles. The molecule has 0 atom stereocenters. The molecule has 31 heavy (non-hydrogen) atoms. The third-order valence-electron chi connectivity index (χ3n) is 4.64. The average Bonchev–Trinajstić information content (AvgIpc) is 3.03. The van der Waals surface area contributed by atoms with Crippen molar-refractivity contribution in [3.05, 3.63) is 104 Å². The Balaban J connectivity index is 1.50. The lowest BCUT2D eigenvalue weighted by molar-refractivity contribution is -0.123. The number of nitrogens with zero attached hydrogens (tertiary/aromatic N) is 1. The molecule has 4 rings (SSSR count). The highest BCUT2D eigenvalue weighted by atomic mass is 79.9. The highest BCUT2D eigenvalue weighted by Gasteiger charge is 2.35. The van der Waals surface area contributed by atoms with Crippen LogP contribution in [0.25, 0.3) is 6.08 Å². The van der Waals surface area contributed by atoms with Crippen LogP contribution in [0.1, 0.15) is 16.7 Å². The Morgan fingerprint density at radius 2 is 1.61 bits per heavy atom. The van der Waals surface area contributed by atoms with Crippen LogP contribution >= 0.6 is 39.3 Å². The maximum Gasteiger partial charge on any atom is 0.293 e. The molecule has 0 unspecified atom stereocenters. The molecule has 4 nitrogen and oxygen atoms in total. The van der Waals surface area contributed by atoms with E-state index >= 15 is 0 Å². The fourth-order valence-electron chi connectivity index (χ4n) is 3.02. The summed E-state index contributed by atoms with van der Waals surface area (Å²) >= 11 is 10.3. The highest BCUT2D eigenvalue weighted by Crippen LogP contribution is 2.35. The third-order valence-corrected chi connectivity index (χ3v) is 6.33. The SMILES string of the molecule is O=C1S/C(=C\c2ccccc2OCc2ccc(Cl)cc2)C(=O)N1Cc1ccc(Br)cc1. The number of hydrogen-bond acceptors (Lipinski definition) is 4. The Bertz CT molecular complexity index is 1150. The Kier molecular flexibility index (Phi) is 6.80. The van der Waals surface area contributed by atoms with Gasteiger partial charge in [-0.2, -0.15) is 0 Å². The van der Waals surface area contributed by atoms with Gasteiger partial charge in [0.1, 0.15) is 12.4 Å². The number of carbonyl (C=O) groups excluding carboxylic acids is 2. The molecular formula is C24H17BrClNO3S. The number of rotatable bonds is 6. The first-order valence-electron chi connectivity index (χ1n) is 9.46. The van der Waals surface area contributed by atoms with Gasteiger partial charge >= 0.3 is 0 Å². The van der Waals surface area contributed by atoms with E-state index in [0.29, 0.717) is 22.3 Å². The number of para-hydroxylation sites is 1. The second kappa shape index (κ2) is 9.73. The first kappa shape index (κ1) is 21.7. The van der Waals surface area contributed by atoms with Crippen LogP contribution < -0.4 is 4.74 Å². The fourth-order valence-corrected chi connectivity index (χ4v) is 4.24. The molecule has 1 aliphatic rings. The Labute approximate surface area is 198 Å². The van der Waals surface area contributed by atoms with E-state index in [4.69, 9.17) is 16.3 Å². The molecule has 156 valence electrons. The molecule has 0 N–H and O–H groups in total. The van der Waals surface area contributed by atoms with Crippen molar-refractivity contribution in [2.45, 2.75) is 13.2 Å². The quantitative estimate of drug-likeness (QED) is 0.335. The van der Waals surface area contributed by atoms with E-state index in [2.05, 4.69) is 15.9 Å². The summed E-state index contributed by atoms with van der Waals surface area (Å²) in [6, 6.07) is 22.4. The zero-order valence-electron chi connectivity index (χ0n) is 16.3. The van der Waals surface area contributed by atoms with Crippen LogP contribution in [0.2, 0.25) is 5.02 Å². The number of benzene rings is 3. The summed E-state index contributed by atoms with van der Waals surface area (Å²) in [7, 11) is 0. The molecule has 0 bridgehead atoms. The second-order valence-corrected chi connectivity index (χ2v) is 9.19. The molecular weight excluding hydrogens is 498 g/mol. The van der Waals surface area contributed by atoms with E-state index in [1.165, 1.54) is 4.90 Å². The normalized spacial score (nSPS) is 15.0. The molecule has 1 aliphatic heterocycles. The number of amides is 2. The molecule has 0 aliphatic carbocycles. The maximum atomic E-state index is 12.9. The van der Waals surface area contributed by atoms with Crippen LogP contribution in [0.3, 0.4) is 0 Å². The summed E-state index contributed by atoms with van der Waals surface area (Å²) < 4.78 is 6.90. The molecule has 0 aromatic heterocycles. The van der Waals surface area contributed by atoms with Crippen LogP contribution in [0.4, 0.5) is 4.79 Å². The number of hydrogen-bond donors (Lipinski definition) is 0. The summed E-state index contributed by atoms with van der Waals surface area (Å²) in [4.78, 5) is 27.0. The average molecular weight is 515 g/mol. The van der Waals surface area contributed by atoms with E-state index in [0.717, 1.165) is 32.9 Å². The first-order chi connectivity index (χ1) is 15.0. The topological polar surface area (TPSA) is 46.6 Å². The minimum atomic E-state index is -0.301. The van der Waals surface area contributed by atoms with Crippen LogP contribution in [0.5, 0.6) is 5.75 Å². The molecule has 0 radical (unpaired) electrons. The fraction of sp³-hybridized carbons (Fsp3) is 0.0833. The van der Waals surface area contributed by atoms with Crippen molar-refractivity contribution in [1.82, 2.24) is 4.90 Å². The van der Waals surface area contributed by atoms with Crippen molar-refractivity contribution in [2.24, 2.45) is 0 Å². The minimum absolute atomic E-state index is 0.240. The standard InChI is InChI=1S/C24H17BrClNO3S/c25-19-9-5-16(6-10-19)14-27-23(28)22(31-24(27)29)13-18-3-1-2-4-21(18)30-15-17-7-11-20(26)12-8-17/h1-13H,14-15H2/b22-13-. The lowest BCUT2D eigenvalue weighted by Gasteiger charge is -2.12. The Morgan fingerprint density at radius 1 is 0.935 bits per heavy atom. The number of halogens is 2. The van der Waals surface area contributed by atoms with Crippen molar-refractivity contribution in [3.8, 4) is 5.75 Å². The van der Waals surface area contributed by atoms with Gasteiger partial charge in [-0.1, -0.05) is 70.0 Å². The predicted octanol–water partition coefficient (Wildman–Crippen LogP) is 6.92. The largest absolute Gasteiger partial charge is 0.488 e. The van der Waals surface area contributed by atoms with Gasteiger partial charge in [0, 0.05) is 15.1 Å². The van der Waals surface area contributed by atoms with Crippen molar-refractivity contribution in [1.29, 1.82) is 0 Å². The van der Waals surface area contributed by atoms with Crippen LogP contribution in [0, 0.1) is 0 Å². The number of imide groups is 1. The number of carbonyl (C=O) groups is 2. The monoisotopic (exact) mass is 513 g/mol. The number of thioether (sulfide) groups is 1. The summed E-state index contributed by atoms with van der Waals surface area (Å²) in [5.41, 5.74) is 2.61. The Morgan fingerprint density at radius 3 is 2.35 bits per heavy atom. The zero-order valence-corrected chi connectivity index (χ0v) is 19.4. The summed E-state index contributed by atoms with van der Waals surface area (Å²) in [5.74, 6) is 0.336. The predicted molar refractivity (Wildman–Crippen MR) is 128 cm³/mol. The van der Waals surface area contributed by atoms with E-state index in [1.54, 1.807) is 6.08 Å². The van der Waals surface area contributed by atoms with Gasteiger partial charge in [0.25, 0.3) is 11.1 Å². The van der Waals surface area contributed by atoms with E-state index in [1.807, 2.05) is 72.8 Å².